The quantitative estimate of drug-likeness (QED) is 0.802. The maximum absolute atomic E-state index is 11.4. The van der Waals surface area contributed by atoms with E-state index in [9.17, 15) is 4.79 Å². The van der Waals surface area contributed by atoms with E-state index < -0.39 is 11.7 Å². The smallest absolute Gasteiger partial charge is 0.412 e. The molecule has 1 aromatic heterocycles. The lowest BCUT2D eigenvalue weighted by Crippen LogP contribution is -2.27. The number of hydrogen-bond donors (Lipinski definition) is 1. The van der Waals surface area contributed by atoms with Gasteiger partial charge in [0.25, 0.3) is 0 Å². The van der Waals surface area contributed by atoms with Crippen molar-refractivity contribution in [2.75, 3.05) is 5.32 Å². The van der Waals surface area contributed by atoms with Gasteiger partial charge >= 0.3 is 6.09 Å². The minimum atomic E-state index is -0.557. The summed E-state index contributed by atoms with van der Waals surface area (Å²) in [5.74, 6) is 0. The molecule has 0 spiro atoms. The fourth-order valence-electron chi connectivity index (χ4n) is 0.913. The van der Waals surface area contributed by atoms with Crippen molar-refractivity contribution in [2.45, 2.75) is 26.4 Å². The molecule has 1 heterocycles. The van der Waals surface area contributed by atoms with E-state index in [1.165, 1.54) is 6.20 Å². The number of aromatic nitrogens is 1. The van der Waals surface area contributed by atoms with Crippen LogP contribution in [0.2, 0.25) is 5.02 Å². The molecule has 0 unspecified atom stereocenters. The number of hydrogen-bond acceptors (Lipinski definition) is 3. The van der Waals surface area contributed by atoms with E-state index in [1.807, 2.05) is 0 Å². The zero-order valence-electron chi connectivity index (χ0n) is 9.17. The monoisotopic (exact) mass is 306 g/mol. The topological polar surface area (TPSA) is 51.2 Å². The Labute approximate surface area is 107 Å². The second-order valence-corrected chi connectivity index (χ2v) is 5.33. The summed E-state index contributed by atoms with van der Waals surface area (Å²) in [6.45, 7) is 5.36. The Hall–Kier alpha value is -0.810. The van der Waals surface area contributed by atoms with Crippen LogP contribution < -0.4 is 5.32 Å². The maximum atomic E-state index is 11.4. The molecule has 0 radical (unpaired) electrons. The first-order valence-corrected chi connectivity index (χ1v) is 5.76. The van der Waals surface area contributed by atoms with Crippen LogP contribution in [0.15, 0.2) is 16.9 Å². The van der Waals surface area contributed by atoms with Crippen LogP contribution in [-0.2, 0) is 4.74 Å². The lowest BCUT2D eigenvalue weighted by molar-refractivity contribution is 0.0636. The second-order valence-electron chi connectivity index (χ2n) is 4.11. The van der Waals surface area contributed by atoms with Crippen LogP contribution in [-0.4, -0.2) is 16.7 Å². The highest BCUT2D eigenvalue weighted by molar-refractivity contribution is 9.10. The van der Waals surface area contributed by atoms with Gasteiger partial charge in [-0.2, -0.15) is 0 Å². The van der Waals surface area contributed by atoms with Crippen LogP contribution in [0.25, 0.3) is 0 Å². The average molecular weight is 308 g/mol. The van der Waals surface area contributed by atoms with Crippen LogP contribution in [0.3, 0.4) is 0 Å². The summed E-state index contributed by atoms with van der Waals surface area (Å²) in [7, 11) is 0. The first kappa shape index (κ1) is 13.3. The van der Waals surface area contributed by atoms with Gasteiger partial charge in [-0.1, -0.05) is 11.6 Å². The van der Waals surface area contributed by atoms with Crippen molar-refractivity contribution >= 4 is 39.3 Å². The molecule has 1 amide bonds. The van der Waals surface area contributed by atoms with Gasteiger partial charge in [0, 0.05) is 0 Å². The van der Waals surface area contributed by atoms with Crippen molar-refractivity contribution < 1.29 is 9.53 Å². The highest BCUT2D eigenvalue weighted by Gasteiger charge is 2.17. The van der Waals surface area contributed by atoms with Gasteiger partial charge < -0.3 is 4.74 Å². The summed E-state index contributed by atoms with van der Waals surface area (Å²) in [4.78, 5) is 15.4. The van der Waals surface area contributed by atoms with E-state index >= 15 is 0 Å². The molecule has 1 rings (SSSR count). The molecule has 0 saturated carbocycles. The summed E-state index contributed by atoms with van der Waals surface area (Å²) in [5, 5.41) is 2.91. The van der Waals surface area contributed by atoms with Crippen molar-refractivity contribution in [3.8, 4) is 0 Å². The number of pyridine rings is 1. The van der Waals surface area contributed by atoms with E-state index in [2.05, 4.69) is 26.2 Å². The van der Waals surface area contributed by atoms with Crippen LogP contribution in [0.5, 0.6) is 0 Å². The molecule has 0 saturated heterocycles. The Bertz CT molecular complexity index is 404. The molecule has 88 valence electrons. The third kappa shape index (κ3) is 4.37. The molecule has 1 N–H and O–H groups in total. The van der Waals surface area contributed by atoms with Crippen LogP contribution in [0.4, 0.5) is 10.5 Å². The van der Waals surface area contributed by atoms with E-state index in [0.29, 0.717) is 15.3 Å². The van der Waals surface area contributed by atoms with E-state index in [0.717, 1.165) is 0 Å². The van der Waals surface area contributed by atoms with Crippen LogP contribution in [0.1, 0.15) is 20.8 Å². The first-order chi connectivity index (χ1) is 7.28. The predicted octanol–water partition coefficient (Wildman–Crippen LogP) is 3.84. The van der Waals surface area contributed by atoms with Crippen molar-refractivity contribution in [1.29, 1.82) is 0 Å². The summed E-state index contributed by atoms with van der Waals surface area (Å²) >= 11 is 9.08. The molecule has 0 bridgehead atoms. The number of amides is 1. The molecule has 0 aliphatic heterocycles. The van der Waals surface area contributed by atoms with Crippen molar-refractivity contribution in [1.82, 2.24) is 4.98 Å². The second kappa shape index (κ2) is 5.01. The highest BCUT2D eigenvalue weighted by atomic mass is 79.9. The number of carbonyl (C=O) groups is 1. The van der Waals surface area contributed by atoms with Crippen LogP contribution >= 0.6 is 27.5 Å². The molecule has 1 aromatic rings. The first-order valence-electron chi connectivity index (χ1n) is 4.59. The van der Waals surface area contributed by atoms with Gasteiger partial charge in [0.1, 0.15) is 10.2 Å². The average Bonchev–Trinajstić information content (AvgIpc) is 2.06. The molecule has 4 nitrogen and oxygen atoms in total. The fourth-order valence-corrected chi connectivity index (χ4v) is 1.58. The number of nitrogens with one attached hydrogen (secondary N) is 1. The maximum Gasteiger partial charge on any atom is 0.412 e. The molecule has 0 aliphatic carbocycles. The molecule has 0 atom stereocenters. The van der Waals surface area contributed by atoms with Crippen LogP contribution in [0, 0.1) is 0 Å². The van der Waals surface area contributed by atoms with E-state index in [4.69, 9.17) is 16.3 Å². The summed E-state index contributed by atoms with van der Waals surface area (Å²) in [6.07, 6.45) is 0.898. The van der Waals surface area contributed by atoms with Gasteiger partial charge in [-0.05, 0) is 42.8 Å². The lowest BCUT2D eigenvalue weighted by atomic mass is 10.2. The fraction of sp³-hybridized carbons (Fsp3) is 0.400. The predicted molar refractivity (Wildman–Crippen MR) is 66.8 cm³/mol. The van der Waals surface area contributed by atoms with Gasteiger partial charge in [0.05, 0.1) is 16.9 Å². The van der Waals surface area contributed by atoms with E-state index in [-0.39, 0.29) is 0 Å². The number of rotatable bonds is 1. The van der Waals surface area contributed by atoms with Crippen molar-refractivity contribution in [2.24, 2.45) is 0 Å². The highest BCUT2D eigenvalue weighted by Crippen LogP contribution is 2.24. The van der Waals surface area contributed by atoms with Crippen molar-refractivity contribution in [3.05, 3.63) is 21.9 Å². The molecular formula is C10H12BrClN2O2. The number of nitrogens with zero attached hydrogens (tertiary/aromatic N) is 1. The normalized spacial score (nSPS) is 11.1. The minimum Gasteiger partial charge on any atom is -0.444 e. The summed E-state index contributed by atoms with van der Waals surface area (Å²) in [5.41, 5.74) is -0.126. The number of carbonyl (C=O) groups excluding carboxylic acids is 1. The standard InChI is InChI=1S/C10H12BrClN2O2/c1-10(2,3)16-9(15)14-7-5-13-8(11)4-6(7)12/h4-5H,1-3H3,(H,14,15). The summed E-state index contributed by atoms with van der Waals surface area (Å²) < 4.78 is 5.68. The Balaban J connectivity index is 2.70. The molecule has 6 heteroatoms. The van der Waals surface area contributed by atoms with Gasteiger partial charge in [-0.3, -0.25) is 5.32 Å². The lowest BCUT2D eigenvalue weighted by Gasteiger charge is -2.19. The van der Waals surface area contributed by atoms with Gasteiger partial charge in [-0.15, -0.1) is 0 Å². The Morgan fingerprint density at radius 3 is 2.69 bits per heavy atom. The molecule has 0 aromatic carbocycles. The number of ether oxygens (including phenoxy) is 1. The van der Waals surface area contributed by atoms with Gasteiger partial charge in [0.2, 0.25) is 0 Å². The third-order valence-corrected chi connectivity index (χ3v) is 2.20. The molecule has 0 aliphatic rings. The number of halogens is 2. The summed E-state index contributed by atoms with van der Waals surface area (Å²) in [6, 6.07) is 1.59. The zero-order valence-corrected chi connectivity index (χ0v) is 11.5. The Morgan fingerprint density at radius 1 is 1.56 bits per heavy atom. The van der Waals surface area contributed by atoms with Gasteiger partial charge in [0.15, 0.2) is 0 Å². The Kier molecular flexibility index (Phi) is 4.15. The van der Waals surface area contributed by atoms with E-state index in [1.54, 1.807) is 26.8 Å². The molecule has 16 heavy (non-hydrogen) atoms. The zero-order chi connectivity index (χ0) is 12.3. The van der Waals surface area contributed by atoms with Crippen molar-refractivity contribution in [3.63, 3.8) is 0 Å². The molecular weight excluding hydrogens is 295 g/mol. The minimum absolute atomic E-state index is 0.396. The third-order valence-electron chi connectivity index (χ3n) is 1.46. The van der Waals surface area contributed by atoms with Gasteiger partial charge in [-0.25, -0.2) is 9.78 Å². The Morgan fingerprint density at radius 2 is 2.19 bits per heavy atom. The largest absolute Gasteiger partial charge is 0.444 e. The molecule has 0 fully saturated rings. The number of anilines is 1. The SMILES string of the molecule is CC(C)(C)OC(=O)Nc1cnc(Br)cc1Cl.